The molecule has 3 nitrogen and oxygen atoms in total. The van der Waals surface area contributed by atoms with E-state index in [-0.39, 0.29) is 5.54 Å². The Morgan fingerprint density at radius 1 is 1.41 bits per heavy atom. The van der Waals surface area contributed by atoms with Crippen LogP contribution < -0.4 is 5.32 Å². The zero-order chi connectivity index (χ0) is 11.9. The number of nitrogens with one attached hydrogen (secondary N) is 1. The minimum Gasteiger partial charge on any atom is -0.307 e. The molecule has 1 saturated carbocycles. The van der Waals surface area contributed by atoms with Crippen molar-refractivity contribution in [3.8, 4) is 0 Å². The van der Waals surface area contributed by atoms with E-state index in [1.807, 2.05) is 23.0 Å². The second-order valence-corrected chi connectivity index (χ2v) is 5.55. The molecule has 0 unspecified atom stereocenters. The lowest BCUT2D eigenvalue weighted by Gasteiger charge is -2.26. The zero-order valence-corrected chi connectivity index (χ0v) is 10.5. The third kappa shape index (κ3) is 2.07. The standard InChI is InChI=1S/C14H19N3/c1-14(2,12-6-7-12)15-9-11-10-16-17-8-4-3-5-13(11)17/h3-5,8,10,12,15H,6-7,9H2,1-2H3. The number of pyridine rings is 1. The van der Waals surface area contributed by atoms with Gasteiger partial charge < -0.3 is 5.32 Å². The molecule has 1 aliphatic carbocycles. The van der Waals surface area contributed by atoms with Gasteiger partial charge in [-0.25, -0.2) is 4.52 Å². The van der Waals surface area contributed by atoms with Gasteiger partial charge in [-0.2, -0.15) is 5.10 Å². The first-order valence-electron chi connectivity index (χ1n) is 6.33. The predicted octanol–water partition coefficient (Wildman–Crippen LogP) is 2.61. The van der Waals surface area contributed by atoms with Gasteiger partial charge >= 0.3 is 0 Å². The van der Waals surface area contributed by atoms with Gasteiger partial charge in [-0.3, -0.25) is 0 Å². The summed E-state index contributed by atoms with van der Waals surface area (Å²) >= 11 is 0. The number of rotatable bonds is 4. The molecule has 2 heterocycles. The van der Waals surface area contributed by atoms with Crippen molar-refractivity contribution in [2.24, 2.45) is 5.92 Å². The second kappa shape index (κ2) is 3.84. The van der Waals surface area contributed by atoms with E-state index in [1.54, 1.807) is 0 Å². The van der Waals surface area contributed by atoms with Crippen molar-refractivity contribution in [2.45, 2.75) is 38.8 Å². The highest BCUT2D eigenvalue weighted by molar-refractivity contribution is 5.53. The van der Waals surface area contributed by atoms with Gasteiger partial charge in [0.2, 0.25) is 0 Å². The topological polar surface area (TPSA) is 29.3 Å². The van der Waals surface area contributed by atoms with Crippen LogP contribution in [0.15, 0.2) is 30.6 Å². The summed E-state index contributed by atoms with van der Waals surface area (Å²) in [7, 11) is 0. The summed E-state index contributed by atoms with van der Waals surface area (Å²) in [5.74, 6) is 0.851. The molecular weight excluding hydrogens is 210 g/mol. The number of hydrogen-bond donors (Lipinski definition) is 1. The summed E-state index contributed by atoms with van der Waals surface area (Å²) in [6.07, 6.45) is 6.69. The van der Waals surface area contributed by atoms with Crippen LogP contribution in [-0.2, 0) is 6.54 Å². The third-order valence-corrected chi connectivity index (χ3v) is 3.84. The van der Waals surface area contributed by atoms with Crippen molar-refractivity contribution in [3.05, 3.63) is 36.2 Å². The number of aromatic nitrogens is 2. The van der Waals surface area contributed by atoms with Crippen LogP contribution in [0, 0.1) is 5.92 Å². The predicted molar refractivity (Wildman–Crippen MR) is 68.8 cm³/mol. The molecule has 0 radical (unpaired) electrons. The van der Waals surface area contributed by atoms with Gasteiger partial charge in [0.25, 0.3) is 0 Å². The van der Waals surface area contributed by atoms with Gasteiger partial charge in [0.15, 0.2) is 0 Å². The third-order valence-electron chi connectivity index (χ3n) is 3.84. The first-order valence-corrected chi connectivity index (χ1v) is 6.33. The largest absolute Gasteiger partial charge is 0.307 e. The number of fused-ring (bicyclic) bond motifs is 1. The Morgan fingerprint density at radius 2 is 2.24 bits per heavy atom. The average Bonchev–Trinajstić information content (AvgIpc) is 3.09. The van der Waals surface area contributed by atoms with Crippen LogP contribution in [0.2, 0.25) is 0 Å². The van der Waals surface area contributed by atoms with Crippen LogP contribution >= 0.6 is 0 Å². The summed E-state index contributed by atoms with van der Waals surface area (Å²) in [6.45, 7) is 5.50. The normalized spacial score (nSPS) is 16.6. The lowest BCUT2D eigenvalue weighted by Crippen LogP contribution is -2.40. The molecule has 1 fully saturated rings. The van der Waals surface area contributed by atoms with E-state index in [0.29, 0.717) is 0 Å². The minimum absolute atomic E-state index is 0.253. The van der Waals surface area contributed by atoms with Gasteiger partial charge in [-0.15, -0.1) is 0 Å². The fraction of sp³-hybridized carbons (Fsp3) is 0.500. The molecular formula is C14H19N3. The van der Waals surface area contributed by atoms with Crippen molar-refractivity contribution in [1.82, 2.24) is 14.9 Å². The van der Waals surface area contributed by atoms with Crippen LogP contribution in [0.3, 0.4) is 0 Å². The maximum Gasteiger partial charge on any atom is 0.0706 e. The van der Waals surface area contributed by atoms with Gasteiger partial charge in [0.1, 0.15) is 0 Å². The van der Waals surface area contributed by atoms with Gasteiger partial charge in [0.05, 0.1) is 11.7 Å². The smallest absolute Gasteiger partial charge is 0.0706 e. The minimum atomic E-state index is 0.253. The Morgan fingerprint density at radius 3 is 3.00 bits per heavy atom. The molecule has 0 saturated heterocycles. The molecule has 0 aromatic carbocycles. The monoisotopic (exact) mass is 229 g/mol. The molecule has 0 bridgehead atoms. The van der Waals surface area contributed by atoms with Crippen molar-refractivity contribution in [3.63, 3.8) is 0 Å². The van der Waals surface area contributed by atoms with E-state index in [4.69, 9.17) is 0 Å². The zero-order valence-electron chi connectivity index (χ0n) is 10.5. The highest BCUT2D eigenvalue weighted by atomic mass is 15.2. The molecule has 0 aliphatic heterocycles. The van der Waals surface area contributed by atoms with Crippen molar-refractivity contribution >= 4 is 5.52 Å². The van der Waals surface area contributed by atoms with Gasteiger partial charge in [-0.05, 0) is 44.7 Å². The van der Waals surface area contributed by atoms with E-state index in [0.717, 1.165) is 12.5 Å². The summed E-state index contributed by atoms with van der Waals surface area (Å²) in [5, 5.41) is 8.02. The highest BCUT2D eigenvalue weighted by Gasteiger charge is 2.37. The van der Waals surface area contributed by atoms with E-state index in [1.165, 1.54) is 23.9 Å². The lowest BCUT2D eigenvalue weighted by atomic mass is 9.98. The number of hydrogen-bond acceptors (Lipinski definition) is 2. The summed E-state index contributed by atoms with van der Waals surface area (Å²) in [6, 6.07) is 6.19. The van der Waals surface area contributed by atoms with Crippen LogP contribution in [0.4, 0.5) is 0 Å². The Balaban J connectivity index is 1.76. The van der Waals surface area contributed by atoms with Crippen LogP contribution in [-0.4, -0.2) is 15.2 Å². The van der Waals surface area contributed by atoms with Crippen molar-refractivity contribution in [1.29, 1.82) is 0 Å². The average molecular weight is 229 g/mol. The summed E-state index contributed by atoms with van der Waals surface area (Å²) in [4.78, 5) is 0. The first-order chi connectivity index (χ1) is 8.17. The quantitative estimate of drug-likeness (QED) is 0.873. The van der Waals surface area contributed by atoms with E-state index in [9.17, 15) is 0 Å². The molecule has 3 heteroatoms. The van der Waals surface area contributed by atoms with Crippen LogP contribution in [0.5, 0.6) is 0 Å². The molecule has 1 N–H and O–H groups in total. The van der Waals surface area contributed by atoms with Crippen LogP contribution in [0.1, 0.15) is 32.3 Å². The van der Waals surface area contributed by atoms with Gasteiger partial charge in [-0.1, -0.05) is 6.07 Å². The Hall–Kier alpha value is -1.35. The molecule has 0 spiro atoms. The Labute approximate surface area is 102 Å². The molecule has 1 aliphatic rings. The molecule has 17 heavy (non-hydrogen) atoms. The Bertz CT molecular complexity index is 523. The van der Waals surface area contributed by atoms with E-state index >= 15 is 0 Å². The molecule has 2 aromatic heterocycles. The fourth-order valence-corrected chi connectivity index (χ4v) is 2.40. The van der Waals surface area contributed by atoms with E-state index < -0.39 is 0 Å². The van der Waals surface area contributed by atoms with Crippen molar-refractivity contribution < 1.29 is 0 Å². The Kier molecular flexibility index (Phi) is 2.44. The van der Waals surface area contributed by atoms with Crippen LogP contribution in [0.25, 0.3) is 5.52 Å². The fourth-order valence-electron chi connectivity index (χ4n) is 2.40. The molecule has 0 amide bonds. The lowest BCUT2D eigenvalue weighted by molar-refractivity contribution is 0.340. The summed E-state index contributed by atoms with van der Waals surface area (Å²) in [5.41, 5.74) is 2.73. The maximum atomic E-state index is 4.36. The SMILES string of the molecule is CC(C)(NCc1cnn2ccccc12)C1CC1. The van der Waals surface area contributed by atoms with Gasteiger partial charge in [0, 0.05) is 23.8 Å². The highest BCUT2D eigenvalue weighted by Crippen LogP contribution is 2.39. The maximum absolute atomic E-state index is 4.36. The molecule has 3 rings (SSSR count). The summed E-state index contributed by atoms with van der Waals surface area (Å²) < 4.78 is 1.93. The number of nitrogens with zero attached hydrogens (tertiary/aromatic N) is 2. The first kappa shape index (κ1) is 10.8. The molecule has 0 atom stereocenters. The molecule has 2 aromatic rings. The van der Waals surface area contributed by atoms with Crippen molar-refractivity contribution in [2.75, 3.05) is 0 Å². The molecule has 90 valence electrons. The van der Waals surface area contributed by atoms with E-state index in [2.05, 4.69) is 36.4 Å². The second-order valence-electron chi connectivity index (χ2n) is 5.55.